The molecule has 0 unspecified atom stereocenters. The van der Waals surface area contributed by atoms with Crippen LogP contribution in [0.1, 0.15) is 38.1 Å². The number of fused-ring (bicyclic) bond motifs is 1. The first kappa shape index (κ1) is 28.1. The Balaban J connectivity index is 1.62. The van der Waals surface area contributed by atoms with Crippen LogP contribution in [0.3, 0.4) is 0 Å². The predicted octanol–water partition coefficient (Wildman–Crippen LogP) is 5.02. The molecule has 1 aliphatic heterocycles. The minimum Gasteiger partial charge on any atom is -0.497 e. The number of carbonyl (C=O) groups is 1. The molecule has 0 radical (unpaired) electrons. The summed E-state index contributed by atoms with van der Waals surface area (Å²) in [6, 6.07) is 13.8. The zero-order chi connectivity index (χ0) is 29.4. The van der Waals surface area contributed by atoms with Crippen molar-refractivity contribution in [2.45, 2.75) is 32.9 Å². The highest BCUT2D eigenvalue weighted by Crippen LogP contribution is 2.35. The van der Waals surface area contributed by atoms with Gasteiger partial charge in [-0.2, -0.15) is 0 Å². The average molecular weight is 594 g/mol. The van der Waals surface area contributed by atoms with E-state index in [9.17, 15) is 19.7 Å². The molecular formula is C29H24ClN3O7S. The Morgan fingerprint density at radius 3 is 2.59 bits per heavy atom. The van der Waals surface area contributed by atoms with Crippen molar-refractivity contribution < 1.29 is 23.6 Å². The van der Waals surface area contributed by atoms with Gasteiger partial charge in [0.2, 0.25) is 0 Å². The second kappa shape index (κ2) is 11.2. The lowest BCUT2D eigenvalue weighted by Crippen LogP contribution is -2.40. The molecule has 0 saturated carbocycles. The number of aromatic nitrogens is 1. The minimum atomic E-state index is -0.786. The summed E-state index contributed by atoms with van der Waals surface area (Å²) in [6.07, 6.45) is 1.18. The standard InChI is InChI=1S/C29H24ClN3O7S/c1-15(2)39-28(35)25-16(3)31-29-32(26(25)17-5-7-18(30)8-6-17)27(34)24(41-29)14-20-10-12-23(40-20)21-11-9-19(38-4)13-22(21)33(36)37/h5-15,26H,1-4H3/b24-14-/t26-/m1/s1. The highest BCUT2D eigenvalue weighted by Gasteiger charge is 2.33. The molecular weight excluding hydrogens is 570 g/mol. The average Bonchev–Trinajstić information content (AvgIpc) is 3.51. The monoisotopic (exact) mass is 593 g/mol. The van der Waals surface area contributed by atoms with Gasteiger partial charge in [0.05, 0.1) is 51.6 Å². The zero-order valence-corrected chi connectivity index (χ0v) is 24.0. The molecule has 4 aromatic rings. The van der Waals surface area contributed by atoms with Crippen molar-refractivity contribution in [1.29, 1.82) is 0 Å². The Morgan fingerprint density at radius 2 is 1.93 bits per heavy atom. The number of nitrogens with zero attached hydrogens (tertiary/aromatic N) is 3. The van der Waals surface area contributed by atoms with Gasteiger partial charge in [-0.3, -0.25) is 19.5 Å². The zero-order valence-electron chi connectivity index (χ0n) is 22.4. The number of thiazole rings is 1. The van der Waals surface area contributed by atoms with Crippen LogP contribution in [0.15, 0.2) is 80.1 Å². The summed E-state index contributed by atoms with van der Waals surface area (Å²) < 4.78 is 18.3. The normalized spacial score (nSPS) is 15.1. The lowest BCUT2D eigenvalue weighted by molar-refractivity contribution is -0.384. The number of nitro groups is 1. The third-order valence-corrected chi connectivity index (χ3v) is 7.57. The number of allylic oxidation sites excluding steroid dienone is 1. The Hall–Kier alpha value is -4.48. The first-order valence-electron chi connectivity index (χ1n) is 12.5. The summed E-state index contributed by atoms with van der Waals surface area (Å²) in [5.74, 6) is 0.350. The molecule has 0 aliphatic carbocycles. The highest BCUT2D eigenvalue weighted by molar-refractivity contribution is 7.07. The molecule has 1 aliphatic rings. The number of hydrogen-bond donors (Lipinski definition) is 0. The maximum absolute atomic E-state index is 13.8. The van der Waals surface area contributed by atoms with E-state index in [0.717, 1.165) is 11.3 Å². The van der Waals surface area contributed by atoms with E-state index in [1.807, 2.05) is 0 Å². The fraction of sp³-hybridized carbons (Fsp3) is 0.207. The molecule has 0 N–H and O–H groups in total. The third kappa shape index (κ3) is 5.46. The van der Waals surface area contributed by atoms with E-state index in [1.165, 1.54) is 17.7 Å². The summed E-state index contributed by atoms with van der Waals surface area (Å²) >= 11 is 7.25. The second-order valence-electron chi connectivity index (χ2n) is 9.43. The molecule has 10 nitrogen and oxygen atoms in total. The van der Waals surface area contributed by atoms with Crippen molar-refractivity contribution in [3.8, 4) is 17.1 Å². The largest absolute Gasteiger partial charge is 0.497 e. The van der Waals surface area contributed by atoms with Crippen LogP contribution in [0.25, 0.3) is 17.4 Å². The van der Waals surface area contributed by atoms with Crippen LogP contribution in [0.5, 0.6) is 5.75 Å². The van der Waals surface area contributed by atoms with Gasteiger partial charge in [-0.25, -0.2) is 9.79 Å². The van der Waals surface area contributed by atoms with Gasteiger partial charge in [-0.05, 0) is 62.7 Å². The van der Waals surface area contributed by atoms with Gasteiger partial charge in [-0.15, -0.1) is 0 Å². The van der Waals surface area contributed by atoms with E-state index < -0.39 is 16.9 Å². The summed E-state index contributed by atoms with van der Waals surface area (Å²) in [5.41, 5.74) is 1.07. The molecule has 0 fully saturated rings. The molecule has 0 spiro atoms. The summed E-state index contributed by atoms with van der Waals surface area (Å²) in [4.78, 5) is 43.1. The maximum Gasteiger partial charge on any atom is 0.338 e. The fourth-order valence-corrected chi connectivity index (χ4v) is 5.68. The van der Waals surface area contributed by atoms with Crippen LogP contribution in [0.4, 0.5) is 5.69 Å². The molecule has 2 aromatic heterocycles. The predicted molar refractivity (Wildman–Crippen MR) is 154 cm³/mol. The molecule has 1 atom stereocenters. The number of hydrogen-bond acceptors (Lipinski definition) is 9. The van der Waals surface area contributed by atoms with E-state index in [2.05, 4.69) is 4.99 Å². The van der Waals surface area contributed by atoms with E-state index in [-0.39, 0.29) is 34.2 Å². The van der Waals surface area contributed by atoms with Crippen LogP contribution >= 0.6 is 22.9 Å². The molecule has 0 amide bonds. The number of benzene rings is 2. The van der Waals surface area contributed by atoms with Gasteiger partial charge in [0.15, 0.2) is 4.80 Å². The quantitative estimate of drug-likeness (QED) is 0.167. The Labute approximate surface area is 242 Å². The summed E-state index contributed by atoms with van der Waals surface area (Å²) in [7, 11) is 1.43. The molecule has 5 rings (SSSR count). The summed E-state index contributed by atoms with van der Waals surface area (Å²) in [5, 5.41) is 12.2. The van der Waals surface area contributed by atoms with Crippen LogP contribution < -0.4 is 19.6 Å². The van der Waals surface area contributed by atoms with E-state index >= 15 is 0 Å². The number of halogens is 1. The van der Waals surface area contributed by atoms with Gasteiger partial charge in [-0.1, -0.05) is 35.1 Å². The van der Waals surface area contributed by atoms with Crippen LogP contribution in [0, 0.1) is 10.1 Å². The van der Waals surface area contributed by atoms with Crippen molar-refractivity contribution >= 4 is 40.7 Å². The minimum absolute atomic E-state index is 0.177. The Bertz CT molecular complexity index is 1880. The SMILES string of the molecule is COc1ccc(-c2ccc(/C=c3\sc4n(c3=O)[C@H](c3ccc(Cl)cc3)C(C(=O)OC(C)C)=C(C)N=4)o2)c([N+](=O)[O-])c1. The number of esters is 1. The molecule has 12 heteroatoms. The first-order valence-corrected chi connectivity index (χ1v) is 13.7. The van der Waals surface area contributed by atoms with Gasteiger partial charge < -0.3 is 13.9 Å². The van der Waals surface area contributed by atoms with Crippen molar-refractivity contribution in [3.05, 3.63) is 112 Å². The van der Waals surface area contributed by atoms with Crippen LogP contribution in [-0.2, 0) is 9.53 Å². The second-order valence-corrected chi connectivity index (χ2v) is 10.9. The topological polar surface area (TPSA) is 126 Å². The Kier molecular flexibility index (Phi) is 7.65. The van der Waals surface area contributed by atoms with Crippen molar-refractivity contribution in [3.63, 3.8) is 0 Å². The lowest BCUT2D eigenvalue weighted by Gasteiger charge is -2.25. The number of carbonyl (C=O) groups excluding carboxylic acids is 1. The molecule has 0 saturated heterocycles. The number of furan rings is 1. The fourth-order valence-electron chi connectivity index (χ4n) is 4.52. The molecule has 0 bridgehead atoms. The number of nitro benzene ring substituents is 1. The maximum atomic E-state index is 13.8. The number of methoxy groups -OCH3 is 1. The molecule has 41 heavy (non-hydrogen) atoms. The van der Waals surface area contributed by atoms with E-state index in [0.29, 0.717) is 37.1 Å². The van der Waals surface area contributed by atoms with Crippen LogP contribution in [0.2, 0.25) is 5.02 Å². The molecule has 2 aromatic carbocycles. The van der Waals surface area contributed by atoms with E-state index in [4.69, 9.17) is 25.5 Å². The molecule has 210 valence electrons. The van der Waals surface area contributed by atoms with Crippen molar-refractivity contribution in [1.82, 2.24) is 4.57 Å². The van der Waals surface area contributed by atoms with E-state index in [1.54, 1.807) is 75.4 Å². The van der Waals surface area contributed by atoms with Crippen LogP contribution in [-0.4, -0.2) is 28.7 Å². The smallest absolute Gasteiger partial charge is 0.338 e. The van der Waals surface area contributed by atoms with Gasteiger partial charge >= 0.3 is 5.97 Å². The van der Waals surface area contributed by atoms with Gasteiger partial charge in [0.1, 0.15) is 17.3 Å². The van der Waals surface area contributed by atoms with Crippen molar-refractivity contribution in [2.75, 3.05) is 7.11 Å². The first-order chi connectivity index (χ1) is 19.6. The van der Waals surface area contributed by atoms with Gasteiger partial charge in [0, 0.05) is 11.1 Å². The lowest BCUT2D eigenvalue weighted by atomic mass is 9.96. The van der Waals surface area contributed by atoms with Crippen molar-refractivity contribution in [2.24, 2.45) is 4.99 Å². The number of rotatable bonds is 7. The van der Waals surface area contributed by atoms with Gasteiger partial charge in [0.25, 0.3) is 11.2 Å². The number of ether oxygens (including phenoxy) is 2. The summed E-state index contributed by atoms with van der Waals surface area (Å²) in [6.45, 7) is 5.20. The Morgan fingerprint density at radius 1 is 1.20 bits per heavy atom. The molecule has 3 heterocycles. The highest BCUT2D eigenvalue weighted by atomic mass is 35.5. The third-order valence-electron chi connectivity index (χ3n) is 6.34.